The number of rotatable bonds is 6. The largest absolute Gasteiger partial charge is 0.394 e. The summed E-state index contributed by atoms with van der Waals surface area (Å²) in [6.45, 7) is 6.04. The Morgan fingerprint density at radius 3 is 2.41 bits per heavy atom. The molecule has 0 saturated heterocycles. The lowest BCUT2D eigenvalue weighted by molar-refractivity contribution is -0.124. The van der Waals surface area contributed by atoms with Crippen LogP contribution in [0, 0.1) is 0 Å². The fourth-order valence-corrected chi connectivity index (χ4v) is 2.39. The van der Waals surface area contributed by atoms with Crippen molar-refractivity contribution < 1.29 is 9.90 Å². The van der Waals surface area contributed by atoms with Gasteiger partial charge in [-0.2, -0.15) is 0 Å². The van der Waals surface area contributed by atoms with Crippen LogP contribution in [0.4, 0.5) is 0 Å². The number of hydrogen-bond donors (Lipinski definition) is 3. The van der Waals surface area contributed by atoms with Crippen molar-refractivity contribution in [3.63, 3.8) is 0 Å². The second-order valence-electron chi connectivity index (χ2n) is 5.33. The van der Waals surface area contributed by atoms with Gasteiger partial charge < -0.3 is 10.4 Å². The summed E-state index contributed by atoms with van der Waals surface area (Å²) in [5, 5.41) is 15.8. The van der Waals surface area contributed by atoms with E-state index in [-0.39, 0.29) is 30.1 Å². The van der Waals surface area contributed by atoms with Crippen molar-refractivity contribution in [3.05, 3.63) is 0 Å². The van der Waals surface area contributed by atoms with Gasteiger partial charge in [0, 0.05) is 11.6 Å². The summed E-state index contributed by atoms with van der Waals surface area (Å²) < 4.78 is 0. The van der Waals surface area contributed by atoms with Gasteiger partial charge in [0.15, 0.2) is 0 Å². The molecule has 4 nitrogen and oxygen atoms in total. The molecule has 1 aliphatic rings. The molecule has 0 radical (unpaired) electrons. The van der Waals surface area contributed by atoms with Crippen molar-refractivity contribution in [3.8, 4) is 0 Å². The summed E-state index contributed by atoms with van der Waals surface area (Å²) in [7, 11) is 0. The molecule has 1 saturated carbocycles. The van der Waals surface area contributed by atoms with E-state index in [0.29, 0.717) is 0 Å². The lowest BCUT2D eigenvalue weighted by atomic mass is 9.97. The summed E-state index contributed by atoms with van der Waals surface area (Å²) in [4.78, 5) is 11.9. The number of aliphatic hydroxyl groups excluding tert-OH is 1. The van der Waals surface area contributed by atoms with Gasteiger partial charge >= 0.3 is 0 Å². The number of amides is 1. The van der Waals surface area contributed by atoms with Crippen molar-refractivity contribution in [2.45, 2.75) is 70.5 Å². The molecule has 0 heterocycles. The summed E-state index contributed by atoms with van der Waals surface area (Å²) in [6, 6.07) is -0.0327. The number of hydrogen-bond acceptors (Lipinski definition) is 3. The molecule has 2 unspecified atom stereocenters. The highest BCUT2D eigenvalue weighted by Gasteiger charge is 2.35. The van der Waals surface area contributed by atoms with E-state index in [4.69, 9.17) is 0 Å². The Morgan fingerprint density at radius 1 is 1.35 bits per heavy atom. The smallest absolute Gasteiger partial charge is 0.237 e. The van der Waals surface area contributed by atoms with Crippen molar-refractivity contribution in [2.24, 2.45) is 0 Å². The zero-order valence-electron chi connectivity index (χ0n) is 11.3. The maximum atomic E-state index is 11.9. The number of carbonyl (C=O) groups is 1. The Hall–Kier alpha value is -0.610. The number of aliphatic hydroxyl groups is 1. The second kappa shape index (κ2) is 6.36. The van der Waals surface area contributed by atoms with E-state index < -0.39 is 0 Å². The fraction of sp³-hybridized carbons (Fsp3) is 0.923. The van der Waals surface area contributed by atoms with Crippen LogP contribution in [0.25, 0.3) is 0 Å². The monoisotopic (exact) mass is 242 g/mol. The molecule has 0 spiro atoms. The number of carbonyl (C=O) groups excluding carboxylic acids is 1. The molecule has 0 aromatic carbocycles. The van der Waals surface area contributed by atoms with Crippen LogP contribution in [-0.2, 0) is 4.79 Å². The molecule has 3 N–H and O–H groups in total. The number of nitrogens with one attached hydrogen (secondary N) is 2. The first-order chi connectivity index (χ1) is 8.03. The maximum Gasteiger partial charge on any atom is 0.237 e. The minimum absolute atomic E-state index is 0.0269. The first-order valence-corrected chi connectivity index (χ1v) is 6.72. The molecule has 0 aliphatic heterocycles. The molecule has 100 valence electrons. The van der Waals surface area contributed by atoms with Crippen molar-refractivity contribution in [2.75, 3.05) is 6.61 Å². The summed E-state index contributed by atoms with van der Waals surface area (Å²) in [5.74, 6) is 0.0269. The second-order valence-corrected chi connectivity index (χ2v) is 5.33. The third kappa shape index (κ3) is 3.96. The van der Waals surface area contributed by atoms with Crippen molar-refractivity contribution >= 4 is 5.91 Å². The van der Waals surface area contributed by atoms with Gasteiger partial charge in [-0.1, -0.05) is 19.8 Å². The van der Waals surface area contributed by atoms with Crippen LogP contribution in [0.5, 0.6) is 0 Å². The van der Waals surface area contributed by atoms with E-state index >= 15 is 0 Å². The van der Waals surface area contributed by atoms with Gasteiger partial charge in [0.25, 0.3) is 0 Å². The van der Waals surface area contributed by atoms with Gasteiger partial charge in [0.2, 0.25) is 5.91 Å². The Bertz CT molecular complexity index is 250. The molecule has 2 atom stereocenters. The lowest BCUT2D eigenvalue weighted by Gasteiger charge is -2.31. The van der Waals surface area contributed by atoms with Gasteiger partial charge in [-0.25, -0.2) is 0 Å². The van der Waals surface area contributed by atoms with Crippen LogP contribution in [0.15, 0.2) is 0 Å². The molecule has 1 amide bonds. The topological polar surface area (TPSA) is 61.4 Å². The van der Waals surface area contributed by atoms with E-state index in [1.807, 2.05) is 13.8 Å². The predicted octanol–water partition coefficient (Wildman–Crippen LogP) is 1.18. The maximum absolute atomic E-state index is 11.9. The molecule has 4 heteroatoms. The van der Waals surface area contributed by atoms with Gasteiger partial charge in [0.05, 0.1) is 12.6 Å². The molecule has 0 aromatic rings. The predicted molar refractivity (Wildman–Crippen MR) is 68.8 cm³/mol. The molecular formula is C13H26N2O2. The molecular weight excluding hydrogens is 216 g/mol. The van der Waals surface area contributed by atoms with Crippen molar-refractivity contribution in [1.82, 2.24) is 10.6 Å². The zero-order chi connectivity index (χ0) is 12.9. The minimum Gasteiger partial charge on any atom is -0.394 e. The highest BCUT2D eigenvalue weighted by molar-refractivity contribution is 5.81. The third-order valence-electron chi connectivity index (χ3n) is 3.78. The van der Waals surface area contributed by atoms with E-state index in [1.165, 1.54) is 0 Å². The standard InChI is InChI=1S/C13H26N2O2/c1-4-10(2)14-12(17)11(3)15-13(9-16)7-5-6-8-13/h10-11,15-16H,4-9H2,1-3H3,(H,14,17). The van der Waals surface area contributed by atoms with E-state index in [9.17, 15) is 9.90 Å². The lowest BCUT2D eigenvalue weighted by Crippen LogP contribution is -2.56. The summed E-state index contributed by atoms with van der Waals surface area (Å²) in [5.41, 5.74) is -0.230. The van der Waals surface area contributed by atoms with Crippen LogP contribution in [0.3, 0.4) is 0 Å². The molecule has 17 heavy (non-hydrogen) atoms. The van der Waals surface area contributed by atoms with Crippen LogP contribution < -0.4 is 10.6 Å². The summed E-state index contributed by atoms with van der Waals surface area (Å²) >= 11 is 0. The first kappa shape index (κ1) is 14.5. The van der Waals surface area contributed by atoms with E-state index in [1.54, 1.807) is 0 Å². The van der Waals surface area contributed by atoms with Gasteiger partial charge in [-0.3, -0.25) is 10.1 Å². The minimum atomic E-state index is -0.241. The molecule has 1 fully saturated rings. The quantitative estimate of drug-likeness (QED) is 0.655. The highest BCUT2D eigenvalue weighted by Crippen LogP contribution is 2.29. The molecule has 0 aromatic heterocycles. The SMILES string of the molecule is CCC(C)NC(=O)C(C)NC1(CO)CCCC1. The van der Waals surface area contributed by atoms with Crippen LogP contribution in [0.1, 0.15) is 52.9 Å². The molecule has 0 bridgehead atoms. The fourth-order valence-electron chi connectivity index (χ4n) is 2.39. The van der Waals surface area contributed by atoms with Crippen LogP contribution in [0.2, 0.25) is 0 Å². The molecule has 1 aliphatic carbocycles. The van der Waals surface area contributed by atoms with Crippen LogP contribution >= 0.6 is 0 Å². The third-order valence-corrected chi connectivity index (χ3v) is 3.78. The van der Waals surface area contributed by atoms with Crippen LogP contribution in [-0.4, -0.2) is 35.2 Å². The van der Waals surface area contributed by atoms with E-state index in [2.05, 4.69) is 17.6 Å². The highest BCUT2D eigenvalue weighted by atomic mass is 16.3. The molecule has 1 rings (SSSR count). The normalized spacial score (nSPS) is 22.1. The first-order valence-electron chi connectivity index (χ1n) is 6.72. The van der Waals surface area contributed by atoms with Crippen molar-refractivity contribution in [1.29, 1.82) is 0 Å². The average Bonchev–Trinajstić information content (AvgIpc) is 2.77. The zero-order valence-corrected chi connectivity index (χ0v) is 11.3. The Kier molecular flexibility index (Phi) is 5.40. The van der Waals surface area contributed by atoms with Gasteiger partial charge in [0.1, 0.15) is 0 Å². The Morgan fingerprint density at radius 2 is 1.94 bits per heavy atom. The Balaban J connectivity index is 2.46. The van der Waals surface area contributed by atoms with E-state index in [0.717, 1.165) is 32.1 Å². The van der Waals surface area contributed by atoms with Gasteiger partial charge in [-0.05, 0) is 33.1 Å². The van der Waals surface area contributed by atoms with Gasteiger partial charge in [-0.15, -0.1) is 0 Å². The Labute approximate surface area is 104 Å². The summed E-state index contributed by atoms with van der Waals surface area (Å²) in [6.07, 6.45) is 5.12. The average molecular weight is 242 g/mol.